The van der Waals surface area contributed by atoms with E-state index in [1.165, 1.54) is 0 Å². The summed E-state index contributed by atoms with van der Waals surface area (Å²) < 4.78 is 4.89. The number of carbonyl (C=O) groups excluding carboxylic acids is 2. The number of halogens is 2. The van der Waals surface area contributed by atoms with E-state index >= 15 is 0 Å². The Morgan fingerprint density at radius 1 is 0.895 bits per heavy atom. The fourth-order valence-corrected chi connectivity index (χ4v) is 2.78. The van der Waals surface area contributed by atoms with Crippen LogP contribution in [0.3, 0.4) is 0 Å². The molecule has 0 heterocycles. The van der Waals surface area contributed by atoms with Gasteiger partial charge in [0.1, 0.15) is 0 Å². The van der Waals surface area contributed by atoms with Gasteiger partial charge < -0.3 is 4.74 Å². The summed E-state index contributed by atoms with van der Waals surface area (Å²) in [6.07, 6.45) is 11.2. The van der Waals surface area contributed by atoms with Gasteiger partial charge in [0, 0.05) is 0 Å². The lowest BCUT2D eigenvalue weighted by Gasteiger charge is -2.27. The standard InChI is InChI=1S/C14H16Cl2O3/c15-13(7-3-1-4-8-13)11(17)19-12(18)14(16)9-5-2-6-10-14/h3,5,7,9H,1-2,4,6,8,10H2. The quantitative estimate of drug-likeness (QED) is 0.339. The molecule has 2 aliphatic rings. The monoisotopic (exact) mass is 302 g/mol. The summed E-state index contributed by atoms with van der Waals surface area (Å²) in [7, 11) is 0. The fraction of sp³-hybridized carbons (Fsp3) is 0.571. The molecule has 0 aromatic rings. The van der Waals surface area contributed by atoms with Crippen LogP contribution in [-0.2, 0) is 14.3 Å². The predicted octanol–water partition coefficient (Wildman–Crippen LogP) is 3.49. The molecule has 3 nitrogen and oxygen atoms in total. The molecule has 0 N–H and O–H groups in total. The van der Waals surface area contributed by atoms with Gasteiger partial charge in [-0.15, -0.1) is 23.2 Å². The molecule has 5 heteroatoms. The maximum atomic E-state index is 12.0. The summed E-state index contributed by atoms with van der Waals surface area (Å²) in [5, 5.41) is 0. The number of hydrogen-bond donors (Lipinski definition) is 0. The highest BCUT2D eigenvalue weighted by molar-refractivity contribution is 6.39. The van der Waals surface area contributed by atoms with Crippen LogP contribution in [0.4, 0.5) is 0 Å². The highest BCUT2D eigenvalue weighted by atomic mass is 35.5. The van der Waals surface area contributed by atoms with Crippen LogP contribution < -0.4 is 0 Å². The van der Waals surface area contributed by atoms with Crippen molar-refractivity contribution in [3.63, 3.8) is 0 Å². The van der Waals surface area contributed by atoms with Crippen molar-refractivity contribution in [3.05, 3.63) is 24.3 Å². The minimum Gasteiger partial charge on any atom is -0.390 e. The minimum absolute atomic E-state index is 0.474. The van der Waals surface area contributed by atoms with Gasteiger partial charge in [-0.3, -0.25) is 0 Å². The zero-order valence-corrected chi connectivity index (χ0v) is 12.0. The average molecular weight is 303 g/mol. The molecule has 104 valence electrons. The number of hydrogen-bond acceptors (Lipinski definition) is 3. The number of ether oxygens (including phenoxy) is 1. The molecule has 0 aromatic heterocycles. The predicted molar refractivity (Wildman–Crippen MR) is 74.2 cm³/mol. The number of carbonyl (C=O) groups is 2. The van der Waals surface area contributed by atoms with Gasteiger partial charge >= 0.3 is 11.9 Å². The summed E-state index contributed by atoms with van der Waals surface area (Å²) >= 11 is 12.4. The number of rotatable bonds is 2. The summed E-state index contributed by atoms with van der Waals surface area (Å²) in [5.41, 5.74) is 0. The number of allylic oxidation sites excluding steroid dienone is 2. The van der Waals surface area contributed by atoms with Crippen molar-refractivity contribution >= 4 is 35.1 Å². The van der Waals surface area contributed by atoms with Crippen molar-refractivity contribution in [1.82, 2.24) is 0 Å². The van der Waals surface area contributed by atoms with Crippen molar-refractivity contribution in [3.8, 4) is 0 Å². The molecule has 19 heavy (non-hydrogen) atoms. The van der Waals surface area contributed by atoms with E-state index in [-0.39, 0.29) is 0 Å². The average Bonchev–Trinajstić information content (AvgIpc) is 2.40. The van der Waals surface area contributed by atoms with Gasteiger partial charge in [0.25, 0.3) is 0 Å². The Labute approximate surface area is 122 Å². The Bertz CT molecular complexity index is 404. The van der Waals surface area contributed by atoms with Crippen LogP contribution in [-0.4, -0.2) is 21.7 Å². The van der Waals surface area contributed by atoms with Gasteiger partial charge in [-0.05, 0) is 38.5 Å². The molecular formula is C14H16Cl2O3. The van der Waals surface area contributed by atoms with Crippen molar-refractivity contribution < 1.29 is 14.3 Å². The topological polar surface area (TPSA) is 43.4 Å². The molecule has 0 radical (unpaired) electrons. The van der Waals surface area contributed by atoms with Crippen LogP contribution >= 0.6 is 23.2 Å². The van der Waals surface area contributed by atoms with E-state index in [0.29, 0.717) is 12.8 Å². The fourth-order valence-electron chi connectivity index (χ4n) is 2.26. The van der Waals surface area contributed by atoms with Crippen molar-refractivity contribution in [1.29, 1.82) is 0 Å². The molecule has 0 fully saturated rings. The second-order valence-electron chi connectivity index (χ2n) is 4.99. The first kappa shape index (κ1) is 14.6. The smallest absolute Gasteiger partial charge is 0.338 e. The van der Waals surface area contributed by atoms with E-state index in [1.807, 2.05) is 12.2 Å². The van der Waals surface area contributed by atoms with Crippen LogP contribution in [0, 0.1) is 0 Å². The summed E-state index contributed by atoms with van der Waals surface area (Å²) in [5.74, 6) is -1.46. The molecule has 0 aromatic carbocycles. The molecule has 2 aliphatic carbocycles. The second kappa shape index (κ2) is 5.68. The van der Waals surface area contributed by atoms with Crippen LogP contribution in [0.15, 0.2) is 24.3 Å². The molecule has 2 atom stereocenters. The number of alkyl halides is 2. The normalized spacial score (nSPS) is 34.0. The lowest BCUT2D eigenvalue weighted by molar-refractivity contribution is -0.162. The van der Waals surface area contributed by atoms with Crippen LogP contribution in [0.2, 0.25) is 0 Å². The first-order valence-electron chi connectivity index (χ1n) is 6.46. The number of esters is 2. The molecule has 0 amide bonds. The van der Waals surface area contributed by atoms with E-state index in [0.717, 1.165) is 25.7 Å². The Balaban J connectivity index is 2.04. The molecule has 0 saturated carbocycles. The van der Waals surface area contributed by atoms with Crippen molar-refractivity contribution in [2.45, 2.75) is 48.3 Å². The third-order valence-corrected chi connectivity index (χ3v) is 4.39. The van der Waals surface area contributed by atoms with E-state index in [2.05, 4.69) is 0 Å². The molecule has 0 bridgehead atoms. The van der Waals surface area contributed by atoms with Crippen molar-refractivity contribution in [2.75, 3.05) is 0 Å². The molecule has 2 unspecified atom stereocenters. The molecule has 0 saturated heterocycles. The third-order valence-electron chi connectivity index (χ3n) is 3.45. The first-order valence-corrected chi connectivity index (χ1v) is 7.22. The van der Waals surface area contributed by atoms with Gasteiger partial charge in [-0.25, -0.2) is 9.59 Å². The zero-order valence-electron chi connectivity index (χ0n) is 10.5. The lowest BCUT2D eigenvalue weighted by Crippen LogP contribution is -2.41. The van der Waals surface area contributed by atoms with E-state index in [4.69, 9.17) is 27.9 Å². The van der Waals surface area contributed by atoms with Crippen LogP contribution in [0.25, 0.3) is 0 Å². The Kier molecular flexibility index (Phi) is 4.36. The molecule has 2 rings (SSSR count). The zero-order chi connectivity index (χ0) is 13.9. The van der Waals surface area contributed by atoms with Crippen LogP contribution in [0.1, 0.15) is 38.5 Å². The van der Waals surface area contributed by atoms with Gasteiger partial charge in [0.15, 0.2) is 9.75 Å². The summed E-state index contributed by atoms with van der Waals surface area (Å²) in [6, 6.07) is 0. The van der Waals surface area contributed by atoms with E-state index < -0.39 is 21.7 Å². The maximum absolute atomic E-state index is 12.0. The van der Waals surface area contributed by atoms with Gasteiger partial charge in [-0.2, -0.15) is 0 Å². The Hall–Kier alpha value is -0.800. The highest BCUT2D eigenvalue weighted by Crippen LogP contribution is 2.34. The van der Waals surface area contributed by atoms with Crippen LogP contribution in [0.5, 0.6) is 0 Å². The van der Waals surface area contributed by atoms with E-state index in [9.17, 15) is 9.59 Å². The molecule has 0 spiro atoms. The Morgan fingerprint density at radius 2 is 1.32 bits per heavy atom. The van der Waals surface area contributed by atoms with Crippen molar-refractivity contribution in [2.24, 2.45) is 0 Å². The highest BCUT2D eigenvalue weighted by Gasteiger charge is 2.42. The molecular weight excluding hydrogens is 287 g/mol. The Morgan fingerprint density at radius 3 is 1.63 bits per heavy atom. The summed E-state index contributed by atoms with van der Waals surface area (Å²) in [6.45, 7) is 0. The maximum Gasteiger partial charge on any atom is 0.338 e. The largest absolute Gasteiger partial charge is 0.390 e. The summed E-state index contributed by atoms with van der Waals surface area (Å²) in [4.78, 5) is 21.6. The third kappa shape index (κ3) is 3.21. The van der Waals surface area contributed by atoms with E-state index in [1.54, 1.807) is 12.2 Å². The van der Waals surface area contributed by atoms with Gasteiger partial charge in [0.2, 0.25) is 0 Å². The molecule has 0 aliphatic heterocycles. The minimum atomic E-state index is -1.22. The second-order valence-corrected chi connectivity index (χ2v) is 6.34. The van der Waals surface area contributed by atoms with Gasteiger partial charge in [0.05, 0.1) is 0 Å². The first-order chi connectivity index (χ1) is 8.96. The SMILES string of the molecule is O=C(OC(=O)C1(Cl)C=CCCC1)C1(Cl)C=CCCC1. The lowest BCUT2D eigenvalue weighted by atomic mass is 9.94. The van der Waals surface area contributed by atoms with Gasteiger partial charge in [-0.1, -0.05) is 24.3 Å².